The van der Waals surface area contributed by atoms with Gasteiger partial charge in [-0.15, -0.1) is 0 Å². The van der Waals surface area contributed by atoms with E-state index in [1.165, 1.54) is 26.0 Å². The zero-order chi connectivity index (χ0) is 15.2. The highest BCUT2D eigenvalue weighted by Crippen LogP contribution is 2.23. The van der Waals surface area contributed by atoms with Gasteiger partial charge in [-0.2, -0.15) is 4.98 Å². The molecule has 110 valence electrons. The van der Waals surface area contributed by atoms with E-state index in [2.05, 4.69) is 22.2 Å². The summed E-state index contributed by atoms with van der Waals surface area (Å²) in [7, 11) is 2.93. The Morgan fingerprint density at radius 3 is 2.48 bits per heavy atom. The molecule has 0 unspecified atom stereocenters. The van der Waals surface area contributed by atoms with Gasteiger partial charge < -0.3 is 14.8 Å². The van der Waals surface area contributed by atoms with Crippen molar-refractivity contribution in [3.05, 3.63) is 41.6 Å². The SMILES string of the molecule is CCc1ccc(C(=O)Nc2cnc(OC)nc2OC)cc1. The van der Waals surface area contributed by atoms with Crippen LogP contribution in [-0.2, 0) is 6.42 Å². The molecular weight excluding hydrogens is 270 g/mol. The highest BCUT2D eigenvalue weighted by molar-refractivity contribution is 6.04. The van der Waals surface area contributed by atoms with Crippen molar-refractivity contribution in [3.8, 4) is 11.9 Å². The molecule has 0 aliphatic heterocycles. The summed E-state index contributed by atoms with van der Waals surface area (Å²) in [6.07, 6.45) is 2.38. The Bertz CT molecular complexity index is 627. The van der Waals surface area contributed by atoms with Gasteiger partial charge in [-0.1, -0.05) is 19.1 Å². The molecule has 0 fully saturated rings. The first-order valence-corrected chi connectivity index (χ1v) is 6.53. The van der Waals surface area contributed by atoms with Crippen molar-refractivity contribution in [2.45, 2.75) is 13.3 Å². The number of hydrogen-bond acceptors (Lipinski definition) is 5. The van der Waals surface area contributed by atoms with E-state index in [9.17, 15) is 4.79 Å². The predicted molar refractivity (Wildman–Crippen MR) is 78.9 cm³/mol. The molecule has 0 spiro atoms. The Morgan fingerprint density at radius 2 is 1.90 bits per heavy atom. The maximum atomic E-state index is 12.2. The minimum Gasteiger partial charge on any atom is -0.479 e. The van der Waals surface area contributed by atoms with E-state index < -0.39 is 0 Å². The second kappa shape index (κ2) is 6.69. The summed E-state index contributed by atoms with van der Waals surface area (Å²) in [6, 6.07) is 7.60. The third-order valence-electron chi connectivity index (χ3n) is 2.98. The number of methoxy groups -OCH3 is 2. The lowest BCUT2D eigenvalue weighted by atomic mass is 10.1. The van der Waals surface area contributed by atoms with Gasteiger partial charge in [0.1, 0.15) is 5.69 Å². The quantitative estimate of drug-likeness (QED) is 0.913. The molecule has 0 bridgehead atoms. The number of anilines is 1. The molecule has 0 aliphatic rings. The number of carbonyl (C=O) groups is 1. The smallest absolute Gasteiger partial charge is 0.319 e. The molecule has 0 saturated carbocycles. The van der Waals surface area contributed by atoms with Crippen LogP contribution < -0.4 is 14.8 Å². The molecular formula is C15H17N3O3. The van der Waals surface area contributed by atoms with Gasteiger partial charge in [0.15, 0.2) is 0 Å². The molecule has 0 saturated heterocycles. The lowest BCUT2D eigenvalue weighted by Gasteiger charge is -2.09. The number of nitrogens with one attached hydrogen (secondary N) is 1. The Kier molecular flexibility index (Phi) is 4.71. The molecule has 1 aromatic carbocycles. The lowest BCUT2D eigenvalue weighted by Crippen LogP contribution is -2.13. The van der Waals surface area contributed by atoms with Gasteiger partial charge in [0, 0.05) is 5.56 Å². The molecule has 0 radical (unpaired) electrons. The predicted octanol–water partition coefficient (Wildman–Crippen LogP) is 2.31. The summed E-state index contributed by atoms with van der Waals surface area (Å²) in [4.78, 5) is 20.1. The van der Waals surface area contributed by atoms with E-state index >= 15 is 0 Å². The lowest BCUT2D eigenvalue weighted by molar-refractivity contribution is 0.102. The van der Waals surface area contributed by atoms with Crippen LogP contribution in [0.15, 0.2) is 30.5 Å². The molecule has 1 heterocycles. The van der Waals surface area contributed by atoms with Crippen LogP contribution in [0, 0.1) is 0 Å². The zero-order valence-electron chi connectivity index (χ0n) is 12.2. The fourth-order valence-electron chi connectivity index (χ4n) is 1.78. The standard InChI is InChI=1S/C15H17N3O3/c1-4-10-5-7-11(8-6-10)13(19)17-12-9-16-15(21-3)18-14(12)20-2/h5-9H,4H2,1-3H3,(H,17,19). The first kappa shape index (κ1) is 14.8. The second-order valence-electron chi connectivity index (χ2n) is 4.28. The maximum Gasteiger partial charge on any atom is 0.319 e. The van der Waals surface area contributed by atoms with Gasteiger partial charge in [-0.3, -0.25) is 4.79 Å². The number of aromatic nitrogens is 2. The van der Waals surface area contributed by atoms with Crippen LogP contribution in [0.5, 0.6) is 11.9 Å². The molecule has 6 heteroatoms. The minimum absolute atomic E-state index is 0.178. The average Bonchev–Trinajstić information content (AvgIpc) is 2.55. The van der Waals surface area contributed by atoms with Crippen LogP contribution in [0.3, 0.4) is 0 Å². The summed E-state index contributed by atoms with van der Waals surface area (Å²) in [5, 5.41) is 2.72. The summed E-state index contributed by atoms with van der Waals surface area (Å²) in [6.45, 7) is 2.06. The summed E-state index contributed by atoms with van der Waals surface area (Å²) < 4.78 is 10.0. The highest BCUT2D eigenvalue weighted by Gasteiger charge is 2.12. The number of aryl methyl sites for hydroxylation is 1. The highest BCUT2D eigenvalue weighted by atomic mass is 16.5. The van der Waals surface area contributed by atoms with Gasteiger partial charge in [0.25, 0.3) is 5.91 Å². The molecule has 2 aromatic rings. The molecule has 1 N–H and O–H groups in total. The first-order valence-electron chi connectivity index (χ1n) is 6.53. The molecule has 21 heavy (non-hydrogen) atoms. The summed E-state index contributed by atoms with van der Waals surface area (Å²) in [5.41, 5.74) is 2.13. The van der Waals surface area contributed by atoms with E-state index in [-0.39, 0.29) is 17.8 Å². The molecule has 1 amide bonds. The van der Waals surface area contributed by atoms with Crippen molar-refractivity contribution in [1.82, 2.24) is 9.97 Å². The fraction of sp³-hybridized carbons (Fsp3) is 0.267. The molecule has 2 rings (SSSR count). The molecule has 1 aromatic heterocycles. The van der Waals surface area contributed by atoms with Crippen LogP contribution in [0.25, 0.3) is 0 Å². The summed E-state index contributed by atoms with van der Waals surface area (Å²) >= 11 is 0. The minimum atomic E-state index is -0.246. The first-order chi connectivity index (χ1) is 10.2. The van der Waals surface area contributed by atoms with Crippen molar-refractivity contribution < 1.29 is 14.3 Å². The van der Waals surface area contributed by atoms with Crippen LogP contribution in [-0.4, -0.2) is 30.1 Å². The molecule has 0 atom stereocenters. The van der Waals surface area contributed by atoms with Crippen molar-refractivity contribution in [2.75, 3.05) is 19.5 Å². The van der Waals surface area contributed by atoms with Gasteiger partial charge in [-0.05, 0) is 24.1 Å². The number of nitrogens with zero attached hydrogens (tertiary/aromatic N) is 2. The van der Waals surface area contributed by atoms with Crippen LogP contribution in [0.4, 0.5) is 5.69 Å². The van der Waals surface area contributed by atoms with Gasteiger partial charge >= 0.3 is 6.01 Å². The van der Waals surface area contributed by atoms with Gasteiger partial charge in [-0.25, -0.2) is 4.98 Å². The Labute approximate surface area is 123 Å². The van der Waals surface area contributed by atoms with Crippen molar-refractivity contribution in [2.24, 2.45) is 0 Å². The maximum absolute atomic E-state index is 12.2. The van der Waals surface area contributed by atoms with Crippen LogP contribution >= 0.6 is 0 Å². The number of carbonyl (C=O) groups excluding carboxylic acids is 1. The number of benzene rings is 1. The fourth-order valence-corrected chi connectivity index (χ4v) is 1.78. The Hall–Kier alpha value is -2.63. The van der Waals surface area contributed by atoms with E-state index in [0.29, 0.717) is 11.3 Å². The van der Waals surface area contributed by atoms with E-state index in [1.54, 1.807) is 12.1 Å². The number of rotatable bonds is 5. The van der Waals surface area contributed by atoms with Crippen molar-refractivity contribution >= 4 is 11.6 Å². The van der Waals surface area contributed by atoms with Crippen LogP contribution in [0.2, 0.25) is 0 Å². The zero-order valence-corrected chi connectivity index (χ0v) is 12.2. The molecule has 6 nitrogen and oxygen atoms in total. The summed E-state index contributed by atoms with van der Waals surface area (Å²) in [5.74, 6) is 0.00472. The monoisotopic (exact) mass is 287 g/mol. The number of hydrogen-bond donors (Lipinski definition) is 1. The van der Waals surface area contributed by atoms with E-state index in [1.807, 2.05) is 12.1 Å². The largest absolute Gasteiger partial charge is 0.479 e. The number of amides is 1. The second-order valence-corrected chi connectivity index (χ2v) is 4.28. The van der Waals surface area contributed by atoms with Crippen molar-refractivity contribution in [1.29, 1.82) is 0 Å². The van der Waals surface area contributed by atoms with E-state index in [4.69, 9.17) is 9.47 Å². The average molecular weight is 287 g/mol. The van der Waals surface area contributed by atoms with Gasteiger partial charge in [0.05, 0.1) is 20.4 Å². The topological polar surface area (TPSA) is 73.3 Å². The Morgan fingerprint density at radius 1 is 1.19 bits per heavy atom. The number of ether oxygens (including phenoxy) is 2. The van der Waals surface area contributed by atoms with Crippen LogP contribution in [0.1, 0.15) is 22.8 Å². The molecule has 0 aliphatic carbocycles. The third kappa shape index (κ3) is 3.47. The van der Waals surface area contributed by atoms with Gasteiger partial charge in [0.2, 0.25) is 5.88 Å². The normalized spacial score (nSPS) is 10.0. The van der Waals surface area contributed by atoms with Crippen molar-refractivity contribution in [3.63, 3.8) is 0 Å². The van der Waals surface area contributed by atoms with E-state index in [0.717, 1.165) is 6.42 Å². The Balaban J connectivity index is 2.18. The third-order valence-corrected chi connectivity index (χ3v) is 2.98.